The molecule has 1 amide bonds. The second-order valence-corrected chi connectivity index (χ2v) is 11.6. The normalized spacial score (nSPS) is 19.7. The van der Waals surface area contributed by atoms with Crippen LogP contribution in [0.4, 0.5) is 0 Å². The third-order valence-corrected chi connectivity index (χ3v) is 9.06. The molecule has 0 radical (unpaired) electrons. The van der Waals surface area contributed by atoms with E-state index in [4.69, 9.17) is 14.2 Å². The van der Waals surface area contributed by atoms with Gasteiger partial charge in [-0.3, -0.25) is 14.5 Å². The highest BCUT2D eigenvalue weighted by atomic mass is 16.7. The Kier molecular flexibility index (Phi) is 8.76. The van der Waals surface area contributed by atoms with E-state index in [-0.39, 0.29) is 31.2 Å². The zero-order valence-corrected chi connectivity index (χ0v) is 25.7. The number of carboxylic acid groups (broad SMARTS) is 1. The van der Waals surface area contributed by atoms with Gasteiger partial charge in [-0.2, -0.15) is 0 Å². The van der Waals surface area contributed by atoms with E-state index in [0.29, 0.717) is 23.8 Å². The molecule has 6 rings (SSSR count). The number of carboxylic acids is 1. The van der Waals surface area contributed by atoms with Gasteiger partial charge in [0, 0.05) is 18.5 Å². The van der Waals surface area contributed by atoms with Gasteiger partial charge in [-0.1, -0.05) is 73.7 Å². The van der Waals surface area contributed by atoms with Crippen LogP contribution in [0, 0.1) is 12.8 Å². The maximum absolute atomic E-state index is 14.1. The summed E-state index contributed by atoms with van der Waals surface area (Å²) in [6.45, 7) is 4.70. The Labute approximate surface area is 263 Å². The van der Waals surface area contributed by atoms with Crippen LogP contribution in [-0.4, -0.2) is 48.9 Å². The molecule has 1 fully saturated rings. The number of likely N-dealkylation sites (tertiary alicyclic amines) is 1. The standard InChI is InChI=1S/C37H38N2O6/c1-4-24-10-6-8-12-29(24)35(28-11-7-5-9-23(28)2)38-33(40)21-39-20-30(26-15-18-31-32(19-26)45-22-44-31)34(37(41)42)36(39)25-13-16-27(43-3)17-14-25/h5-19,30,34-36H,4,20-22H2,1-3H3,(H,38,40)(H,41,42)/t30-,34-,35?,36+/m0/s1. The highest BCUT2D eigenvalue weighted by Crippen LogP contribution is 2.47. The molecule has 45 heavy (non-hydrogen) atoms. The molecule has 232 valence electrons. The fourth-order valence-corrected chi connectivity index (χ4v) is 6.84. The SMILES string of the molecule is CCc1ccccc1C(NC(=O)CN1C[C@@H](c2ccc3c(c2)OCO3)[C@H](C(=O)O)[C@H]1c1ccc(OC)cc1)c1ccccc1C. The van der Waals surface area contributed by atoms with Crippen molar-refractivity contribution in [1.29, 1.82) is 0 Å². The number of nitrogens with one attached hydrogen (secondary N) is 1. The van der Waals surface area contributed by atoms with E-state index in [1.807, 2.05) is 71.6 Å². The third kappa shape index (κ3) is 6.11. The predicted octanol–water partition coefficient (Wildman–Crippen LogP) is 6.04. The second-order valence-electron chi connectivity index (χ2n) is 11.6. The molecule has 1 saturated heterocycles. The number of carbonyl (C=O) groups excluding carboxylic acids is 1. The van der Waals surface area contributed by atoms with Crippen LogP contribution < -0.4 is 19.5 Å². The summed E-state index contributed by atoms with van der Waals surface area (Å²) in [5, 5.41) is 14.0. The molecule has 4 aromatic rings. The number of amides is 1. The minimum Gasteiger partial charge on any atom is -0.497 e. The fraction of sp³-hybridized carbons (Fsp3) is 0.297. The molecular weight excluding hydrogens is 568 g/mol. The van der Waals surface area contributed by atoms with Crippen LogP contribution >= 0.6 is 0 Å². The lowest BCUT2D eigenvalue weighted by atomic mass is 9.82. The minimum atomic E-state index is -0.920. The summed E-state index contributed by atoms with van der Waals surface area (Å²) in [4.78, 5) is 29.1. The number of rotatable bonds is 10. The largest absolute Gasteiger partial charge is 0.497 e. The van der Waals surface area contributed by atoms with Gasteiger partial charge in [0.1, 0.15) is 5.75 Å². The molecule has 2 aliphatic heterocycles. The smallest absolute Gasteiger partial charge is 0.309 e. The summed E-state index contributed by atoms with van der Waals surface area (Å²) >= 11 is 0. The molecule has 8 heteroatoms. The lowest BCUT2D eigenvalue weighted by Gasteiger charge is -2.29. The monoisotopic (exact) mass is 606 g/mol. The Hall–Kier alpha value is -4.82. The highest BCUT2D eigenvalue weighted by molar-refractivity contribution is 5.80. The van der Waals surface area contributed by atoms with Gasteiger partial charge in [-0.15, -0.1) is 0 Å². The molecule has 0 bridgehead atoms. The van der Waals surface area contributed by atoms with E-state index in [1.54, 1.807) is 7.11 Å². The summed E-state index contributed by atoms with van der Waals surface area (Å²) in [5.41, 5.74) is 5.98. The van der Waals surface area contributed by atoms with Gasteiger partial charge < -0.3 is 24.6 Å². The van der Waals surface area contributed by atoms with Gasteiger partial charge in [-0.25, -0.2) is 0 Å². The molecule has 2 aliphatic rings. The highest BCUT2D eigenvalue weighted by Gasteiger charge is 2.48. The molecule has 0 aromatic heterocycles. The number of benzene rings is 4. The number of nitrogens with zero attached hydrogens (tertiary/aromatic N) is 1. The van der Waals surface area contributed by atoms with Crippen LogP contribution in [0.1, 0.15) is 58.3 Å². The Morgan fingerprint density at radius 2 is 1.62 bits per heavy atom. The Morgan fingerprint density at radius 3 is 2.33 bits per heavy atom. The summed E-state index contributed by atoms with van der Waals surface area (Å²) in [5.74, 6) is -0.370. The van der Waals surface area contributed by atoms with E-state index in [1.165, 1.54) is 0 Å². The number of methoxy groups -OCH3 is 1. The lowest BCUT2D eigenvalue weighted by molar-refractivity contribution is -0.143. The molecule has 0 spiro atoms. The molecule has 4 aromatic carbocycles. The van der Waals surface area contributed by atoms with Crippen molar-refractivity contribution in [3.63, 3.8) is 0 Å². The first kappa shape index (κ1) is 30.2. The van der Waals surface area contributed by atoms with E-state index >= 15 is 0 Å². The van der Waals surface area contributed by atoms with Crippen molar-refractivity contribution in [3.8, 4) is 17.2 Å². The number of aryl methyl sites for hydroxylation is 2. The van der Waals surface area contributed by atoms with E-state index < -0.39 is 17.9 Å². The average molecular weight is 607 g/mol. The van der Waals surface area contributed by atoms with Crippen LogP contribution in [0.25, 0.3) is 0 Å². The maximum atomic E-state index is 14.1. The molecule has 2 heterocycles. The predicted molar refractivity (Wildman–Crippen MR) is 171 cm³/mol. The second kappa shape index (κ2) is 13.0. The lowest BCUT2D eigenvalue weighted by Crippen LogP contribution is -2.40. The number of carbonyl (C=O) groups is 2. The summed E-state index contributed by atoms with van der Waals surface area (Å²) in [6.07, 6.45) is 0.831. The van der Waals surface area contributed by atoms with Crippen LogP contribution in [0.3, 0.4) is 0 Å². The Balaban J connectivity index is 1.35. The van der Waals surface area contributed by atoms with Gasteiger partial charge in [0.05, 0.1) is 25.6 Å². The van der Waals surface area contributed by atoms with E-state index in [0.717, 1.165) is 39.8 Å². The number of fused-ring (bicyclic) bond motifs is 1. The van der Waals surface area contributed by atoms with Gasteiger partial charge >= 0.3 is 5.97 Å². The molecule has 1 unspecified atom stereocenters. The first-order valence-corrected chi connectivity index (χ1v) is 15.3. The summed E-state index contributed by atoms with van der Waals surface area (Å²) < 4.78 is 16.5. The number of ether oxygens (including phenoxy) is 3. The third-order valence-electron chi connectivity index (χ3n) is 9.06. The van der Waals surface area contributed by atoms with E-state index in [2.05, 4.69) is 43.4 Å². The van der Waals surface area contributed by atoms with Crippen molar-refractivity contribution >= 4 is 11.9 Å². The molecule has 2 N–H and O–H groups in total. The van der Waals surface area contributed by atoms with Gasteiger partial charge in [-0.05, 0) is 71.0 Å². The van der Waals surface area contributed by atoms with Gasteiger partial charge in [0.15, 0.2) is 11.5 Å². The molecule has 8 nitrogen and oxygen atoms in total. The summed E-state index contributed by atoms with van der Waals surface area (Å²) in [6, 6.07) is 28.4. The van der Waals surface area contributed by atoms with Crippen molar-refractivity contribution in [3.05, 3.63) is 124 Å². The molecule has 0 saturated carbocycles. The summed E-state index contributed by atoms with van der Waals surface area (Å²) in [7, 11) is 1.60. The quantitative estimate of drug-likeness (QED) is 0.227. The van der Waals surface area contributed by atoms with Crippen LogP contribution in [0.2, 0.25) is 0 Å². The van der Waals surface area contributed by atoms with Crippen molar-refractivity contribution in [1.82, 2.24) is 10.2 Å². The van der Waals surface area contributed by atoms with Crippen molar-refractivity contribution in [2.75, 3.05) is 27.0 Å². The average Bonchev–Trinajstić information content (AvgIpc) is 3.68. The Morgan fingerprint density at radius 1 is 0.933 bits per heavy atom. The van der Waals surface area contributed by atoms with Crippen molar-refractivity contribution in [2.45, 2.75) is 38.3 Å². The van der Waals surface area contributed by atoms with Gasteiger partial charge in [0.25, 0.3) is 0 Å². The number of hydrogen-bond acceptors (Lipinski definition) is 6. The molecular formula is C37H38N2O6. The topological polar surface area (TPSA) is 97.3 Å². The zero-order valence-electron chi connectivity index (χ0n) is 25.7. The van der Waals surface area contributed by atoms with Crippen LogP contribution in [-0.2, 0) is 16.0 Å². The van der Waals surface area contributed by atoms with Crippen LogP contribution in [0.15, 0.2) is 91.0 Å². The molecule has 0 aliphatic carbocycles. The first-order valence-electron chi connectivity index (χ1n) is 15.3. The number of hydrogen-bond donors (Lipinski definition) is 2. The van der Waals surface area contributed by atoms with Crippen molar-refractivity contribution in [2.24, 2.45) is 5.92 Å². The fourth-order valence-electron chi connectivity index (χ4n) is 6.84. The van der Waals surface area contributed by atoms with Crippen LogP contribution in [0.5, 0.6) is 17.2 Å². The maximum Gasteiger partial charge on any atom is 0.309 e. The number of aliphatic carboxylic acids is 1. The zero-order chi connectivity index (χ0) is 31.5. The molecule has 4 atom stereocenters. The van der Waals surface area contributed by atoms with Crippen molar-refractivity contribution < 1.29 is 28.9 Å². The van der Waals surface area contributed by atoms with E-state index in [9.17, 15) is 14.7 Å². The Bertz CT molecular complexity index is 1690. The van der Waals surface area contributed by atoms with Gasteiger partial charge in [0.2, 0.25) is 12.7 Å². The minimum absolute atomic E-state index is 0.0260. The first-order chi connectivity index (χ1) is 21.9.